The van der Waals surface area contributed by atoms with Crippen LogP contribution >= 0.6 is 43.5 Å². The number of pyridine rings is 1. The summed E-state index contributed by atoms with van der Waals surface area (Å²) >= 11 is 13.2. The Bertz CT molecular complexity index is 932. The molecule has 6 heteroatoms. The van der Waals surface area contributed by atoms with Crippen LogP contribution < -0.4 is 5.32 Å². The number of nitrogens with zero attached hydrogens (tertiary/aromatic N) is 1. The van der Waals surface area contributed by atoms with Crippen LogP contribution in [0.3, 0.4) is 0 Å². The van der Waals surface area contributed by atoms with Crippen LogP contribution in [0.25, 0.3) is 11.3 Å². The van der Waals surface area contributed by atoms with Gasteiger partial charge in [0.15, 0.2) is 0 Å². The molecule has 0 saturated heterocycles. The number of rotatable bonds is 5. The number of nitrogens with one attached hydrogen (secondary N) is 1. The number of amides is 1. The molecule has 2 aromatic carbocycles. The second kappa shape index (κ2) is 8.80. The largest absolute Gasteiger partial charge is 0.322 e. The van der Waals surface area contributed by atoms with Crippen LogP contribution in [0.15, 0.2) is 65.3 Å². The van der Waals surface area contributed by atoms with Crippen molar-refractivity contribution in [3.63, 3.8) is 0 Å². The van der Waals surface area contributed by atoms with E-state index in [-0.39, 0.29) is 5.91 Å². The molecular formula is C20H15Br2ClN2O. The molecule has 1 N–H and O–H groups in total. The smallest absolute Gasteiger partial charge is 0.256 e. The van der Waals surface area contributed by atoms with E-state index < -0.39 is 0 Å². The average molecular weight is 495 g/mol. The summed E-state index contributed by atoms with van der Waals surface area (Å²) in [6, 6.07) is 16.7. The highest BCUT2D eigenvalue weighted by atomic mass is 79.9. The monoisotopic (exact) mass is 492 g/mol. The van der Waals surface area contributed by atoms with Crippen LogP contribution in [-0.4, -0.2) is 16.2 Å². The van der Waals surface area contributed by atoms with E-state index in [4.69, 9.17) is 11.6 Å². The minimum atomic E-state index is -0.184. The minimum absolute atomic E-state index is 0.184. The van der Waals surface area contributed by atoms with E-state index >= 15 is 0 Å². The first-order chi connectivity index (χ1) is 12.6. The van der Waals surface area contributed by atoms with E-state index in [2.05, 4.69) is 42.2 Å². The summed E-state index contributed by atoms with van der Waals surface area (Å²) in [6.07, 6.45) is 2.62. The van der Waals surface area contributed by atoms with Crippen molar-refractivity contribution >= 4 is 55.1 Å². The molecule has 0 bridgehead atoms. The predicted octanol–water partition coefficient (Wildman–Crippen LogP) is 6.35. The molecule has 3 aromatic rings. The summed E-state index contributed by atoms with van der Waals surface area (Å²) < 4.78 is 0.771. The maximum Gasteiger partial charge on any atom is 0.256 e. The first kappa shape index (κ1) is 19.1. The molecular weight excluding hydrogens is 479 g/mol. The van der Waals surface area contributed by atoms with Crippen LogP contribution in [-0.2, 0) is 6.42 Å². The van der Waals surface area contributed by atoms with Crippen molar-refractivity contribution in [2.24, 2.45) is 0 Å². The minimum Gasteiger partial charge on any atom is -0.322 e. The highest BCUT2D eigenvalue weighted by Crippen LogP contribution is 2.29. The lowest BCUT2D eigenvalue weighted by atomic mass is 10.1. The lowest BCUT2D eigenvalue weighted by molar-refractivity contribution is 0.102. The van der Waals surface area contributed by atoms with Gasteiger partial charge >= 0.3 is 0 Å². The van der Waals surface area contributed by atoms with Crippen molar-refractivity contribution in [1.29, 1.82) is 0 Å². The van der Waals surface area contributed by atoms with Gasteiger partial charge in [0, 0.05) is 27.3 Å². The fraction of sp³-hybridized carbons (Fsp3) is 0.100. The number of benzene rings is 2. The molecule has 0 saturated carbocycles. The molecule has 1 heterocycles. The standard InChI is InChI=1S/C20H15Br2ClN2O/c21-9-8-13-4-6-15(17(22)11-13)20(26)25-14-5-7-18(23)16(12-14)19-3-1-2-10-24-19/h1-7,10-12H,8-9H2,(H,25,26). The Morgan fingerprint density at radius 3 is 2.65 bits per heavy atom. The normalized spacial score (nSPS) is 10.6. The van der Waals surface area contributed by atoms with Crippen LogP contribution in [0, 0.1) is 0 Å². The van der Waals surface area contributed by atoms with Crippen LogP contribution in [0.2, 0.25) is 5.02 Å². The van der Waals surface area contributed by atoms with E-state index in [1.54, 1.807) is 18.3 Å². The Morgan fingerprint density at radius 2 is 1.96 bits per heavy atom. The summed E-state index contributed by atoms with van der Waals surface area (Å²) in [7, 11) is 0. The summed E-state index contributed by atoms with van der Waals surface area (Å²) in [5, 5.41) is 4.39. The zero-order valence-electron chi connectivity index (χ0n) is 13.7. The molecule has 0 aliphatic carbocycles. The first-order valence-electron chi connectivity index (χ1n) is 7.95. The van der Waals surface area contributed by atoms with Crippen molar-refractivity contribution in [2.75, 3.05) is 10.6 Å². The van der Waals surface area contributed by atoms with Crippen LogP contribution in [0.1, 0.15) is 15.9 Å². The summed E-state index contributed by atoms with van der Waals surface area (Å²) in [5.74, 6) is -0.184. The number of anilines is 1. The predicted molar refractivity (Wildman–Crippen MR) is 114 cm³/mol. The highest BCUT2D eigenvalue weighted by molar-refractivity contribution is 9.10. The molecule has 0 radical (unpaired) electrons. The van der Waals surface area contributed by atoms with Gasteiger partial charge < -0.3 is 5.32 Å². The zero-order valence-corrected chi connectivity index (χ0v) is 17.6. The molecule has 1 amide bonds. The Balaban J connectivity index is 1.84. The zero-order chi connectivity index (χ0) is 18.5. The number of hydrogen-bond acceptors (Lipinski definition) is 2. The van der Waals surface area contributed by atoms with Gasteiger partial charge in [0.1, 0.15) is 0 Å². The summed E-state index contributed by atoms with van der Waals surface area (Å²) in [5.41, 5.74) is 3.94. The first-order valence-corrected chi connectivity index (χ1v) is 10.2. The topological polar surface area (TPSA) is 42.0 Å². The Kier molecular flexibility index (Phi) is 6.46. The van der Waals surface area contributed by atoms with Crippen molar-refractivity contribution in [3.05, 3.63) is 81.4 Å². The van der Waals surface area contributed by atoms with E-state index in [1.165, 1.54) is 0 Å². The van der Waals surface area contributed by atoms with Crippen molar-refractivity contribution in [3.8, 4) is 11.3 Å². The van der Waals surface area contributed by atoms with Crippen molar-refractivity contribution in [2.45, 2.75) is 6.42 Å². The van der Waals surface area contributed by atoms with Gasteiger partial charge in [-0.15, -0.1) is 0 Å². The maximum atomic E-state index is 12.6. The number of aryl methyl sites for hydroxylation is 1. The van der Waals surface area contributed by atoms with Gasteiger partial charge in [0.25, 0.3) is 5.91 Å². The van der Waals surface area contributed by atoms with Gasteiger partial charge in [-0.3, -0.25) is 9.78 Å². The highest BCUT2D eigenvalue weighted by Gasteiger charge is 2.13. The quantitative estimate of drug-likeness (QED) is 0.420. The van der Waals surface area contributed by atoms with Gasteiger partial charge in [-0.2, -0.15) is 0 Å². The Morgan fingerprint density at radius 1 is 1.12 bits per heavy atom. The van der Waals surface area contributed by atoms with Gasteiger partial charge in [-0.1, -0.05) is 39.7 Å². The molecule has 0 aliphatic heterocycles. The van der Waals surface area contributed by atoms with E-state index in [0.29, 0.717) is 16.3 Å². The van der Waals surface area contributed by atoms with Crippen LogP contribution in [0.5, 0.6) is 0 Å². The number of alkyl halides is 1. The molecule has 132 valence electrons. The van der Waals surface area contributed by atoms with Gasteiger partial charge in [-0.25, -0.2) is 0 Å². The number of carbonyl (C=O) groups is 1. The molecule has 3 nitrogen and oxygen atoms in total. The van der Waals surface area contributed by atoms with Crippen molar-refractivity contribution in [1.82, 2.24) is 4.98 Å². The van der Waals surface area contributed by atoms with E-state index in [0.717, 1.165) is 33.0 Å². The second-order valence-electron chi connectivity index (χ2n) is 5.62. The lowest BCUT2D eigenvalue weighted by Crippen LogP contribution is -2.13. The van der Waals surface area contributed by atoms with Gasteiger partial charge in [0.2, 0.25) is 0 Å². The number of aromatic nitrogens is 1. The molecule has 26 heavy (non-hydrogen) atoms. The molecule has 0 fully saturated rings. The molecule has 0 atom stereocenters. The third-order valence-electron chi connectivity index (χ3n) is 3.83. The molecule has 0 aliphatic rings. The summed E-state index contributed by atoms with van der Waals surface area (Å²) in [6.45, 7) is 0. The molecule has 3 rings (SSSR count). The van der Waals surface area contributed by atoms with Gasteiger partial charge in [0.05, 0.1) is 16.3 Å². The number of halogens is 3. The molecule has 1 aromatic heterocycles. The third kappa shape index (κ3) is 4.53. The maximum absolute atomic E-state index is 12.6. The van der Waals surface area contributed by atoms with Crippen LogP contribution in [0.4, 0.5) is 5.69 Å². The van der Waals surface area contributed by atoms with Gasteiger partial charge in [-0.05, 0) is 70.4 Å². The third-order valence-corrected chi connectivity index (χ3v) is 5.21. The van der Waals surface area contributed by atoms with E-state index in [1.807, 2.05) is 42.5 Å². The lowest BCUT2D eigenvalue weighted by Gasteiger charge is -2.11. The fourth-order valence-corrected chi connectivity index (χ4v) is 3.81. The average Bonchev–Trinajstić information content (AvgIpc) is 2.64. The Hall–Kier alpha value is -1.69. The number of carbonyl (C=O) groups excluding carboxylic acids is 1. The summed E-state index contributed by atoms with van der Waals surface area (Å²) in [4.78, 5) is 17.0. The molecule has 0 unspecified atom stereocenters. The van der Waals surface area contributed by atoms with E-state index in [9.17, 15) is 4.79 Å². The second-order valence-corrected chi connectivity index (χ2v) is 7.67. The fourth-order valence-electron chi connectivity index (χ4n) is 2.53. The molecule has 0 spiro atoms. The SMILES string of the molecule is O=C(Nc1ccc(Cl)c(-c2ccccn2)c1)c1ccc(CCBr)cc1Br. The van der Waals surface area contributed by atoms with Crippen molar-refractivity contribution < 1.29 is 4.79 Å². The number of hydrogen-bond donors (Lipinski definition) is 1. The Labute approximate surface area is 174 Å².